The maximum atomic E-state index is 12.7. The Hall–Kier alpha value is -2.23. The quantitative estimate of drug-likeness (QED) is 0.814. The summed E-state index contributed by atoms with van der Waals surface area (Å²) in [5, 5.41) is 2.64. The van der Waals surface area contributed by atoms with Gasteiger partial charge in [-0.25, -0.2) is 21.1 Å². The van der Waals surface area contributed by atoms with Crippen LogP contribution in [-0.4, -0.2) is 47.4 Å². The lowest BCUT2D eigenvalue weighted by atomic mass is 10.1. The zero-order chi connectivity index (χ0) is 20.6. The molecule has 0 bridgehead atoms. The van der Waals surface area contributed by atoms with Gasteiger partial charge in [0, 0.05) is 26.0 Å². The van der Waals surface area contributed by atoms with Gasteiger partial charge in [0.2, 0.25) is 10.0 Å². The molecule has 7 nitrogen and oxygen atoms in total. The van der Waals surface area contributed by atoms with Crippen LogP contribution in [0.5, 0.6) is 0 Å². The summed E-state index contributed by atoms with van der Waals surface area (Å²) in [6, 6.07) is 8.77. The van der Waals surface area contributed by atoms with Crippen molar-refractivity contribution >= 4 is 31.5 Å². The smallest absolute Gasteiger partial charge is 0.256 e. The summed E-state index contributed by atoms with van der Waals surface area (Å²) < 4.78 is 49.8. The molecule has 0 fully saturated rings. The molecule has 0 saturated heterocycles. The van der Waals surface area contributed by atoms with Crippen molar-refractivity contribution in [3.05, 3.63) is 53.1 Å². The van der Waals surface area contributed by atoms with Crippen molar-refractivity contribution < 1.29 is 21.6 Å². The predicted molar refractivity (Wildman–Crippen MR) is 104 cm³/mol. The zero-order valence-electron chi connectivity index (χ0n) is 15.8. The second-order valence-corrected chi connectivity index (χ2v) is 10.6. The molecule has 0 heterocycles. The lowest BCUT2D eigenvalue weighted by Gasteiger charge is -2.17. The molecule has 0 aliphatic rings. The van der Waals surface area contributed by atoms with Gasteiger partial charge >= 0.3 is 0 Å². The molecule has 0 aliphatic heterocycles. The maximum absolute atomic E-state index is 12.7. The molecule has 0 radical (unpaired) electrons. The summed E-state index contributed by atoms with van der Waals surface area (Å²) in [5.74, 6) is -0.627. The average Bonchev–Trinajstić information content (AvgIpc) is 2.57. The fourth-order valence-electron chi connectivity index (χ4n) is 2.48. The summed E-state index contributed by atoms with van der Waals surface area (Å²) in [7, 11) is -4.44. The summed E-state index contributed by atoms with van der Waals surface area (Å²) >= 11 is 0. The van der Waals surface area contributed by atoms with Crippen molar-refractivity contribution in [2.45, 2.75) is 23.6 Å². The Morgan fingerprint density at radius 1 is 1.00 bits per heavy atom. The van der Waals surface area contributed by atoms with Gasteiger partial charge in [-0.2, -0.15) is 0 Å². The number of carbonyl (C=O) groups excluding carboxylic acids is 1. The van der Waals surface area contributed by atoms with E-state index >= 15 is 0 Å². The Morgan fingerprint density at radius 2 is 1.59 bits per heavy atom. The van der Waals surface area contributed by atoms with Gasteiger partial charge in [-0.15, -0.1) is 0 Å². The molecule has 146 valence electrons. The Kier molecular flexibility index (Phi) is 5.79. The van der Waals surface area contributed by atoms with Crippen molar-refractivity contribution in [2.24, 2.45) is 0 Å². The van der Waals surface area contributed by atoms with Crippen LogP contribution in [0.25, 0.3) is 0 Å². The first-order valence-corrected chi connectivity index (χ1v) is 11.3. The molecule has 1 amide bonds. The van der Waals surface area contributed by atoms with E-state index in [4.69, 9.17) is 0 Å². The second-order valence-electron chi connectivity index (χ2n) is 6.42. The van der Waals surface area contributed by atoms with E-state index in [9.17, 15) is 21.6 Å². The van der Waals surface area contributed by atoms with Crippen LogP contribution in [-0.2, 0) is 19.9 Å². The first kappa shape index (κ1) is 21.1. The Bertz CT molecular complexity index is 1100. The first-order valence-electron chi connectivity index (χ1n) is 8.00. The molecular weight excluding hydrogens is 388 g/mol. The number of benzene rings is 2. The third-order valence-corrected chi connectivity index (χ3v) is 7.15. The van der Waals surface area contributed by atoms with Crippen LogP contribution >= 0.6 is 0 Å². The largest absolute Gasteiger partial charge is 0.322 e. The highest BCUT2D eigenvalue weighted by Gasteiger charge is 2.22. The van der Waals surface area contributed by atoms with E-state index in [2.05, 4.69) is 5.32 Å². The van der Waals surface area contributed by atoms with Crippen molar-refractivity contribution in [1.29, 1.82) is 0 Å². The number of hydrogen-bond acceptors (Lipinski definition) is 5. The highest BCUT2D eigenvalue weighted by Crippen LogP contribution is 2.26. The van der Waals surface area contributed by atoms with E-state index in [-0.39, 0.29) is 15.4 Å². The number of sulfonamides is 1. The van der Waals surface area contributed by atoms with Crippen molar-refractivity contribution in [3.63, 3.8) is 0 Å². The standard InChI is InChI=1S/C18H22N2O5S2/c1-12-10-14(27(24,25)20(3)4)11-16(13(12)2)19-18(21)15-8-6-7-9-17(15)26(5,22)23/h6-11H,1-5H3,(H,19,21). The van der Waals surface area contributed by atoms with E-state index in [0.29, 0.717) is 16.8 Å². The number of anilines is 1. The van der Waals surface area contributed by atoms with Crippen molar-refractivity contribution in [1.82, 2.24) is 4.31 Å². The van der Waals surface area contributed by atoms with Crippen LogP contribution in [0.4, 0.5) is 5.69 Å². The number of rotatable bonds is 5. The summed E-state index contributed by atoms with van der Waals surface area (Å²) in [4.78, 5) is 12.7. The van der Waals surface area contributed by atoms with E-state index < -0.39 is 25.8 Å². The molecule has 0 aliphatic carbocycles. The van der Waals surface area contributed by atoms with Crippen LogP contribution in [0.1, 0.15) is 21.5 Å². The minimum absolute atomic E-state index is 0.00192. The second kappa shape index (κ2) is 7.41. The van der Waals surface area contributed by atoms with E-state index in [1.165, 1.54) is 44.4 Å². The Balaban J connectivity index is 2.53. The van der Waals surface area contributed by atoms with Gasteiger partial charge in [0.25, 0.3) is 5.91 Å². The monoisotopic (exact) mass is 410 g/mol. The highest BCUT2D eigenvalue weighted by molar-refractivity contribution is 7.90. The topological polar surface area (TPSA) is 101 Å². The molecule has 27 heavy (non-hydrogen) atoms. The van der Waals surface area contributed by atoms with Crippen LogP contribution in [0.15, 0.2) is 46.2 Å². The van der Waals surface area contributed by atoms with Gasteiger partial charge in [0.05, 0.1) is 15.4 Å². The normalized spacial score (nSPS) is 12.2. The molecule has 0 aromatic heterocycles. The number of sulfone groups is 1. The first-order chi connectivity index (χ1) is 12.4. The molecular formula is C18H22N2O5S2. The lowest BCUT2D eigenvalue weighted by Crippen LogP contribution is -2.23. The van der Waals surface area contributed by atoms with Crippen LogP contribution in [0, 0.1) is 13.8 Å². The average molecular weight is 411 g/mol. The summed E-state index contributed by atoms with van der Waals surface area (Å²) in [6.45, 7) is 3.49. The predicted octanol–water partition coefficient (Wildman–Crippen LogP) is 2.21. The molecule has 9 heteroatoms. The number of aryl methyl sites for hydroxylation is 1. The Labute approximate surface area is 160 Å². The van der Waals surface area contributed by atoms with E-state index in [1.54, 1.807) is 19.9 Å². The molecule has 2 aromatic rings. The molecule has 0 unspecified atom stereocenters. The minimum atomic E-state index is -3.68. The van der Waals surface area contributed by atoms with E-state index in [0.717, 1.165) is 10.6 Å². The molecule has 2 aromatic carbocycles. The summed E-state index contributed by atoms with van der Waals surface area (Å²) in [5.41, 5.74) is 1.68. The molecule has 2 rings (SSSR count). The zero-order valence-corrected chi connectivity index (χ0v) is 17.4. The van der Waals surface area contributed by atoms with Crippen LogP contribution in [0.2, 0.25) is 0 Å². The maximum Gasteiger partial charge on any atom is 0.256 e. The van der Waals surface area contributed by atoms with Crippen LogP contribution < -0.4 is 5.32 Å². The number of hydrogen-bond donors (Lipinski definition) is 1. The lowest BCUT2D eigenvalue weighted by molar-refractivity contribution is 0.102. The van der Waals surface area contributed by atoms with Gasteiger partial charge in [-0.05, 0) is 49.2 Å². The van der Waals surface area contributed by atoms with Gasteiger partial charge in [0.15, 0.2) is 9.84 Å². The van der Waals surface area contributed by atoms with Gasteiger partial charge in [0.1, 0.15) is 0 Å². The van der Waals surface area contributed by atoms with Crippen LogP contribution in [0.3, 0.4) is 0 Å². The van der Waals surface area contributed by atoms with Gasteiger partial charge in [-0.3, -0.25) is 4.79 Å². The molecule has 0 spiro atoms. The number of amides is 1. The van der Waals surface area contributed by atoms with E-state index in [1.807, 2.05) is 0 Å². The number of nitrogens with zero attached hydrogens (tertiary/aromatic N) is 1. The molecule has 0 saturated carbocycles. The highest BCUT2D eigenvalue weighted by atomic mass is 32.2. The fraction of sp³-hybridized carbons (Fsp3) is 0.278. The minimum Gasteiger partial charge on any atom is -0.322 e. The van der Waals surface area contributed by atoms with Crippen molar-refractivity contribution in [2.75, 3.05) is 25.7 Å². The number of carbonyl (C=O) groups is 1. The Morgan fingerprint density at radius 3 is 2.15 bits per heavy atom. The van der Waals surface area contributed by atoms with Gasteiger partial charge < -0.3 is 5.32 Å². The van der Waals surface area contributed by atoms with Crippen molar-refractivity contribution in [3.8, 4) is 0 Å². The molecule has 0 atom stereocenters. The summed E-state index contributed by atoms with van der Waals surface area (Å²) in [6.07, 6.45) is 1.03. The van der Waals surface area contributed by atoms with Gasteiger partial charge in [-0.1, -0.05) is 12.1 Å². The SMILES string of the molecule is Cc1cc(S(=O)(=O)N(C)C)cc(NC(=O)c2ccccc2S(C)(=O)=O)c1C. The number of nitrogens with one attached hydrogen (secondary N) is 1. The third-order valence-electron chi connectivity index (χ3n) is 4.20. The third kappa shape index (κ3) is 4.37. The molecule has 1 N–H and O–H groups in total. The fourth-order valence-corrected chi connectivity index (χ4v) is 4.38.